The predicted molar refractivity (Wildman–Crippen MR) is 82.3 cm³/mol. The van der Waals surface area contributed by atoms with Crippen LogP contribution >= 0.6 is 27.5 Å². The average molecular weight is 371 g/mol. The summed E-state index contributed by atoms with van der Waals surface area (Å²) in [6.45, 7) is 1.43. The van der Waals surface area contributed by atoms with Crippen LogP contribution in [0.4, 0.5) is 5.69 Å². The molecule has 21 heavy (non-hydrogen) atoms. The molecule has 0 aliphatic heterocycles. The highest BCUT2D eigenvalue weighted by molar-refractivity contribution is 9.10. The number of hydrogen-bond donors (Lipinski definition) is 0. The molecule has 0 aliphatic carbocycles. The van der Waals surface area contributed by atoms with Crippen LogP contribution in [0.5, 0.6) is 11.5 Å². The largest absolute Gasteiger partial charge is 0.457 e. The molecule has 5 nitrogen and oxygen atoms in total. The first-order chi connectivity index (χ1) is 9.88. The van der Waals surface area contributed by atoms with Gasteiger partial charge in [0.1, 0.15) is 16.5 Å². The molecule has 0 heterocycles. The second-order valence-corrected chi connectivity index (χ2v) is 5.49. The number of ether oxygens (including phenoxy) is 1. The van der Waals surface area contributed by atoms with Gasteiger partial charge in [0.15, 0.2) is 5.78 Å². The number of nitrogens with zero attached hydrogens (tertiary/aromatic N) is 1. The number of halogens is 2. The van der Waals surface area contributed by atoms with Gasteiger partial charge in [0, 0.05) is 16.6 Å². The Balaban J connectivity index is 2.37. The van der Waals surface area contributed by atoms with Crippen molar-refractivity contribution in [2.24, 2.45) is 0 Å². The number of nitro groups is 1. The minimum Gasteiger partial charge on any atom is -0.457 e. The van der Waals surface area contributed by atoms with Crippen LogP contribution in [0.1, 0.15) is 17.3 Å². The quantitative estimate of drug-likeness (QED) is 0.431. The second-order valence-electron chi connectivity index (χ2n) is 4.17. The number of nitro benzene ring substituents is 1. The predicted octanol–water partition coefficient (Wildman–Crippen LogP) is 5.01. The molecule has 0 saturated carbocycles. The van der Waals surface area contributed by atoms with Crippen molar-refractivity contribution < 1.29 is 14.5 Å². The Morgan fingerprint density at radius 3 is 2.57 bits per heavy atom. The molecule has 0 bridgehead atoms. The zero-order chi connectivity index (χ0) is 15.6. The average Bonchev–Trinajstić information content (AvgIpc) is 2.40. The van der Waals surface area contributed by atoms with Crippen LogP contribution in [-0.4, -0.2) is 10.7 Å². The molecule has 0 fully saturated rings. The lowest BCUT2D eigenvalue weighted by atomic mass is 10.1. The Bertz CT molecular complexity index is 733. The van der Waals surface area contributed by atoms with Gasteiger partial charge in [-0.15, -0.1) is 0 Å². The highest BCUT2D eigenvalue weighted by atomic mass is 79.9. The normalized spacial score (nSPS) is 10.2. The molecule has 0 N–H and O–H groups in total. The van der Waals surface area contributed by atoms with Gasteiger partial charge in [-0.1, -0.05) is 27.5 Å². The summed E-state index contributed by atoms with van der Waals surface area (Å²) in [7, 11) is 0. The molecule has 7 heteroatoms. The highest BCUT2D eigenvalue weighted by Gasteiger charge is 2.15. The molecule has 0 unspecified atom stereocenters. The number of benzene rings is 2. The fraction of sp³-hybridized carbons (Fsp3) is 0.0714. The van der Waals surface area contributed by atoms with E-state index in [2.05, 4.69) is 15.9 Å². The summed E-state index contributed by atoms with van der Waals surface area (Å²) in [5, 5.41) is 10.7. The lowest BCUT2D eigenvalue weighted by Crippen LogP contribution is -1.97. The topological polar surface area (TPSA) is 69.4 Å². The van der Waals surface area contributed by atoms with Gasteiger partial charge in [-0.2, -0.15) is 0 Å². The molecule has 0 aromatic heterocycles. The second kappa shape index (κ2) is 6.24. The summed E-state index contributed by atoms with van der Waals surface area (Å²) < 4.78 is 6.34. The van der Waals surface area contributed by atoms with Crippen molar-refractivity contribution in [3.05, 3.63) is 61.6 Å². The first kappa shape index (κ1) is 15.5. The van der Waals surface area contributed by atoms with Crippen molar-refractivity contribution >= 4 is 39.0 Å². The van der Waals surface area contributed by atoms with E-state index in [9.17, 15) is 14.9 Å². The van der Waals surface area contributed by atoms with Gasteiger partial charge >= 0.3 is 0 Å². The SMILES string of the molecule is CC(=O)c1cc(Br)ccc1Oc1ccc([N+](=O)[O-])c(Cl)c1. The summed E-state index contributed by atoms with van der Waals surface area (Å²) in [6.07, 6.45) is 0. The zero-order valence-electron chi connectivity index (χ0n) is 10.8. The van der Waals surface area contributed by atoms with Crippen LogP contribution in [0.25, 0.3) is 0 Å². The monoisotopic (exact) mass is 369 g/mol. The van der Waals surface area contributed by atoms with E-state index in [0.717, 1.165) is 4.47 Å². The number of Topliss-reactive ketones (excluding diaryl/α,β-unsaturated/α-hetero) is 1. The van der Waals surface area contributed by atoms with E-state index in [-0.39, 0.29) is 16.5 Å². The van der Waals surface area contributed by atoms with Crippen molar-refractivity contribution in [2.75, 3.05) is 0 Å². The molecule has 0 spiro atoms. The fourth-order valence-electron chi connectivity index (χ4n) is 1.69. The number of carbonyl (C=O) groups is 1. The van der Waals surface area contributed by atoms with E-state index in [1.54, 1.807) is 18.2 Å². The van der Waals surface area contributed by atoms with Crippen LogP contribution in [0.3, 0.4) is 0 Å². The summed E-state index contributed by atoms with van der Waals surface area (Å²) in [5.74, 6) is 0.519. The van der Waals surface area contributed by atoms with Crippen molar-refractivity contribution in [1.82, 2.24) is 0 Å². The Morgan fingerprint density at radius 1 is 1.29 bits per heavy atom. The molecule has 0 radical (unpaired) electrons. The minimum absolute atomic E-state index is 0.0287. The van der Waals surface area contributed by atoms with Crippen LogP contribution < -0.4 is 4.74 Å². The van der Waals surface area contributed by atoms with Crippen LogP contribution in [0.2, 0.25) is 5.02 Å². The van der Waals surface area contributed by atoms with Crippen molar-refractivity contribution in [1.29, 1.82) is 0 Å². The number of hydrogen-bond acceptors (Lipinski definition) is 4. The standard InChI is InChI=1S/C14H9BrClNO4/c1-8(18)11-6-9(15)2-5-14(11)21-10-3-4-13(17(19)20)12(16)7-10/h2-7H,1H3. The molecule has 2 rings (SSSR count). The lowest BCUT2D eigenvalue weighted by Gasteiger charge is -2.10. The Morgan fingerprint density at radius 2 is 2.00 bits per heavy atom. The molecular weight excluding hydrogens is 362 g/mol. The third-order valence-electron chi connectivity index (χ3n) is 2.66. The molecule has 0 saturated heterocycles. The maximum Gasteiger partial charge on any atom is 0.288 e. The third kappa shape index (κ3) is 3.59. The van der Waals surface area contributed by atoms with E-state index in [1.165, 1.54) is 25.1 Å². The zero-order valence-corrected chi connectivity index (χ0v) is 13.1. The summed E-state index contributed by atoms with van der Waals surface area (Å²) in [4.78, 5) is 21.7. The fourth-order valence-corrected chi connectivity index (χ4v) is 2.29. The number of carbonyl (C=O) groups excluding carboxylic acids is 1. The van der Waals surface area contributed by atoms with Crippen LogP contribution in [0.15, 0.2) is 40.9 Å². The number of rotatable bonds is 4. The van der Waals surface area contributed by atoms with Gasteiger partial charge in [-0.25, -0.2) is 0 Å². The minimum atomic E-state index is -0.577. The number of ketones is 1. The summed E-state index contributed by atoms with van der Waals surface area (Å²) in [6, 6.07) is 9.03. The van der Waals surface area contributed by atoms with Gasteiger partial charge in [-0.3, -0.25) is 14.9 Å². The smallest absolute Gasteiger partial charge is 0.288 e. The van der Waals surface area contributed by atoms with Crippen molar-refractivity contribution in [2.45, 2.75) is 6.92 Å². The maximum absolute atomic E-state index is 11.6. The van der Waals surface area contributed by atoms with Crippen molar-refractivity contribution in [3.8, 4) is 11.5 Å². The Kier molecular flexibility index (Phi) is 4.59. The molecular formula is C14H9BrClNO4. The van der Waals surface area contributed by atoms with Crippen molar-refractivity contribution in [3.63, 3.8) is 0 Å². The van der Waals surface area contributed by atoms with E-state index in [0.29, 0.717) is 17.1 Å². The molecule has 0 atom stereocenters. The van der Waals surface area contributed by atoms with Crippen LogP contribution in [0, 0.1) is 10.1 Å². The molecule has 108 valence electrons. The summed E-state index contributed by atoms with van der Waals surface area (Å²) >= 11 is 9.11. The Labute approximate surface area is 133 Å². The molecule has 2 aromatic rings. The van der Waals surface area contributed by atoms with E-state index >= 15 is 0 Å². The molecule has 0 amide bonds. The Hall–Kier alpha value is -1.92. The van der Waals surface area contributed by atoms with E-state index in [4.69, 9.17) is 16.3 Å². The lowest BCUT2D eigenvalue weighted by molar-refractivity contribution is -0.384. The summed E-state index contributed by atoms with van der Waals surface area (Å²) in [5.41, 5.74) is 0.200. The molecule has 2 aromatic carbocycles. The van der Waals surface area contributed by atoms with Gasteiger partial charge in [0.05, 0.1) is 10.5 Å². The molecule has 0 aliphatic rings. The maximum atomic E-state index is 11.6. The highest BCUT2D eigenvalue weighted by Crippen LogP contribution is 2.33. The van der Waals surface area contributed by atoms with Gasteiger partial charge in [0.25, 0.3) is 5.69 Å². The van der Waals surface area contributed by atoms with Gasteiger partial charge in [-0.05, 0) is 31.2 Å². The first-order valence-electron chi connectivity index (χ1n) is 5.81. The first-order valence-corrected chi connectivity index (χ1v) is 6.98. The van der Waals surface area contributed by atoms with E-state index in [1.807, 2.05) is 0 Å². The van der Waals surface area contributed by atoms with Gasteiger partial charge < -0.3 is 4.74 Å². The van der Waals surface area contributed by atoms with Gasteiger partial charge in [0.2, 0.25) is 0 Å². The van der Waals surface area contributed by atoms with Crippen LogP contribution in [-0.2, 0) is 0 Å². The van der Waals surface area contributed by atoms with E-state index < -0.39 is 4.92 Å². The third-order valence-corrected chi connectivity index (χ3v) is 3.46.